The van der Waals surface area contributed by atoms with E-state index in [2.05, 4.69) is 10.4 Å². The van der Waals surface area contributed by atoms with Crippen molar-refractivity contribution in [1.29, 1.82) is 0 Å². The van der Waals surface area contributed by atoms with Gasteiger partial charge in [-0.05, 0) is 37.8 Å². The monoisotopic (exact) mass is 290 g/mol. The molecule has 6 heteroatoms. The lowest BCUT2D eigenvalue weighted by Crippen LogP contribution is -2.51. The topological polar surface area (TPSA) is 80.5 Å². The van der Waals surface area contributed by atoms with Crippen LogP contribution in [-0.2, 0) is 11.2 Å². The average Bonchev–Trinajstić information content (AvgIpc) is 3.02. The summed E-state index contributed by atoms with van der Waals surface area (Å²) >= 11 is 0. The molecule has 2 heterocycles. The van der Waals surface area contributed by atoms with Gasteiger partial charge in [-0.1, -0.05) is 6.92 Å². The standard InChI is InChI=1S/C15H22N4O2/c1-2-11-8-10(9-14(17-11)18-16)15(20)19-6-7-21-13-5-3-4-12(13)19/h8-9,12-13H,2-7,16H2,1H3,(H,17,18). The number of rotatable bonds is 3. The van der Waals surface area contributed by atoms with E-state index in [0.717, 1.165) is 31.4 Å². The molecule has 1 saturated carbocycles. The van der Waals surface area contributed by atoms with Crippen molar-refractivity contribution < 1.29 is 9.53 Å². The smallest absolute Gasteiger partial charge is 0.254 e. The van der Waals surface area contributed by atoms with Crippen LogP contribution in [0.25, 0.3) is 0 Å². The van der Waals surface area contributed by atoms with E-state index in [1.54, 1.807) is 6.07 Å². The van der Waals surface area contributed by atoms with Crippen molar-refractivity contribution in [2.75, 3.05) is 18.6 Å². The maximum absolute atomic E-state index is 12.9. The number of aromatic nitrogens is 1. The Bertz CT molecular complexity index is 512. The van der Waals surface area contributed by atoms with Gasteiger partial charge in [-0.15, -0.1) is 0 Å². The van der Waals surface area contributed by atoms with Gasteiger partial charge in [-0.3, -0.25) is 4.79 Å². The summed E-state index contributed by atoms with van der Waals surface area (Å²) in [6.45, 7) is 3.30. The number of anilines is 1. The molecule has 1 saturated heterocycles. The highest BCUT2D eigenvalue weighted by molar-refractivity contribution is 5.95. The van der Waals surface area contributed by atoms with E-state index >= 15 is 0 Å². The molecule has 6 nitrogen and oxygen atoms in total. The van der Waals surface area contributed by atoms with Crippen molar-refractivity contribution in [3.8, 4) is 0 Å². The molecule has 1 amide bonds. The van der Waals surface area contributed by atoms with Crippen molar-refractivity contribution >= 4 is 11.7 Å². The van der Waals surface area contributed by atoms with Gasteiger partial charge < -0.3 is 15.1 Å². The lowest BCUT2D eigenvalue weighted by Gasteiger charge is -2.37. The molecular weight excluding hydrogens is 268 g/mol. The third-order valence-corrected chi connectivity index (χ3v) is 4.38. The van der Waals surface area contributed by atoms with E-state index in [-0.39, 0.29) is 18.1 Å². The molecular formula is C15H22N4O2. The average molecular weight is 290 g/mol. The van der Waals surface area contributed by atoms with Crippen molar-refractivity contribution in [3.05, 3.63) is 23.4 Å². The number of carbonyl (C=O) groups excluding carboxylic acids is 1. The maximum atomic E-state index is 12.9. The molecule has 1 aliphatic heterocycles. The number of nitrogens with two attached hydrogens (primary N) is 1. The number of ether oxygens (including phenoxy) is 1. The van der Waals surface area contributed by atoms with E-state index in [0.29, 0.717) is 24.5 Å². The van der Waals surface area contributed by atoms with Crippen LogP contribution in [0.2, 0.25) is 0 Å². The fourth-order valence-corrected chi connectivity index (χ4v) is 3.31. The molecule has 2 unspecified atom stereocenters. The summed E-state index contributed by atoms with van der Waals surface area (Å²) in [7, 11) is 0. The first-order valence-electron chi connectivity index (χ1n) is 7.63. The number of pyridine rings is 1. The third kappa shape index (κ3) is 2.73. The zero-order valence-electron chi connectivity index (χ0n) is 12.3. The zero-order chi connectivity index (χ0) is 14.8. The van der Waals surface area contributed by atoms with Crippen LogP contribution >= 0.6 is 0 Å². The Morgan fingerprint density at radius 2 is 2.38 bits per heavy atom. The van der Waals surface area contributed by atoms with Crippen LogP contribution in [0.3, 0.4) is 0 Å². The number of nitrogen functional groups attached to an aromatic ring is 1. The second-order valence-electron chi connectivity index (χ2n) is 5.64. The SMILES string of the molecule is CCc1cc(C(=O)N2CCOC3CCCC32)cc(NN)n1. The largest absolute Gasteiger partial charge is 0.374 e. The van der Waals surface area contributed by atoms with E-state index in [4.69, 9.17) is 10.6 Å². The normalized spacial score (nSPS) is 24.8. The lowest BCUT2D eigenvalue weighted by molar-refractivity contribution is -0.0445. The van der Waals surface area contributed by atoms with Gasteiger partial charge in [-0.2, -0.15) is 0 Å². The number of morpholine rings is 1. The number of amides is 1. The first-order chi connectivity index (χ1) is 10.2. The predicted octanol–water partition coefficient (Wildman–Crippen LogP) is 1.32. The summed E-state index contributed by atoms with van der Waals surface area (Å²) in [5, 5.41) is 0. The van der Waals surface area contributed by atoms with Gasteiger partial charge in [0, 0.05) is 17.8 Å². The zero-order valence-corrected chi connectivity index (χ0v) is 12.3. The minimum absolute atomic E-state index is 0.0591. The molecule has 3 rings (SSSR count). The minimum atomic E-state index is 0.0591. The Labute approximate surface area is 124 Å². The lowest BCUT2D eigenvalue weighted by atomic mass is 10.1. The second-order valence-corrected chi connectivity index (χ2v) is 5.64. The molecule has 2 fully saturated rings. The highest BCUT2D eigenvalue weighted by Gasteiger charge is 2.38. The Hall–Kier alpha value is -1.66. The summed E-state index contributed by atoms with van der Waals surface area (Å²) in [4.78, 5) is 19.2. The Morgan fingerprint density at radius 1 is 1.52 bits per heavy atom. The number of nitrogens with one attached hydrogen (secondary N) is 1. The van der Waals surface area contributed by atoms with E-state index in [9.17, 15) is 4.79 Å². The number of hydrogen-bond acceptors (Lipinski definition) is 5. The van der Waals surface area contributed by atoms with Crippen LogP contribution < -0.4 is 11.3 Å². The van der Waals surface area contributed by atoms with Crippen LogP contribution in [0.5, 0.6) is 0 Å². The molecule has 2 atom stereocenters. The molecule has 0 bridgehead atoms. The molecule has 0 radical (unpaired) electrons. The molecule has 1 aromatic heterocycles. The fraction of sp³-hybridized carbons (Fsp3) is 0.600. The van der Waals surface area contributed by atoms with Gasteiger partial charge in [0.1, 0.15) is 5.82 Å². The predicted molar refractivity (Wildman–Crippen MR) is 79.8 cm³/mol. The van der Waals surface area contributed by atoms with Crippen LogP contribution in [0, 0.1) is 0 Å². The number of carbonyl (C=O) groups is 1. The number of hydrazine groups is 1. The fourth-order valence-electron chi connectivity index (χ4n) is 3.31. The summed E-state index contributed by atoms with van der Waals surface area (Å²) < 4.78 is 5.77. The van der Waals surface area contributed by atoms with Gasteiger partial charge in [0.25, 0.3) is 5.91 Å². The van der Waals surface area contributed by atoms with Crippen LogP contribution in [0.1, 0.15) is 42.2 Å². The number of hydrogen-bond donors (Lipinski definition) is 2. The Balaban J connectivity index is 1.87. The molecule has 0 spiro atoms. The first kappa shape index (κ1) is 14.3. The van der Waals surface area contributed by atoms with E-state index in [1.165, 1.54) is 0 Å². The second kappa shape index (κ2) is 5.99. The number of nitrogens with zero attached hydrogens (tertiary/aromatic N) is 2. The van der Waals surface area contributed by atoms with Gasteiger partial charge in [0.2, 0.25) is 0 Å². The molecule has 1 aliphatic carbocycles. The van der Waals surface area contributed by atoms with Crippen LogP contribution in [0.15, 0.2) is 12.1 Å². The summed E-state index contributed by atoms with van der Waals surface area (Å²) in [6.07, 6.45) is 4.20. The molecule has 3 N–H and O–H groups in total. The van der Waals surface area contributed by atoms with Gasteiger partial charge >= 0.3 is 0 Å². The number of fused-ring (bicyclic) bond motifs is 1. The Morgan fingerprint density at radius 3 is 3.14 bits per heavy atom. The summed E-state index contributed by atoms with van der Waals surface area (Å²) in [5.41, 5.74) is 4.06. The quantitative estimate of drug-likeness (QED) is 0.648. The molecule has 0 aromatic carbocycles. The molecule has 114 valence electrons. The van der Waals surface area contributed by atoms with Crippen molar-refractivity contribution in [3.63, 3.8) is 0 Å². The maximum Gasteiger partial charge on any atom is 0.254 e. The third-order valence-electron chi connectivity index (χ3n) is 4.38. The molecule has 2 aliphatic rings. The van der Waals surface area contributed by atoms with E-state index < -0.39 is 0 Å². The molecule has 1 aromatic rings. The van der Waals surface area contributed by atoms with Gasteiger partial charge in [0.05, 0.1) is 18.8 Å². The van der Waals surface area contributed by atoms with Crippen molar-refractivity contribution in [2.45, 2.75) is 44.8 Å². The van der Waals surface area contributed by atoms with Crippen LogP contribution in [-0.4, -0.2) is 41.1 Å². The highest BCUT2D eigenvalue weighted by atomic mass is 16.5. The van der Waals surface area contributed by atoms with Crippen molar-refractivity contribution in [2.24, 2.45) is 5.84 Å². The number of aryl methyl sites for hydroxylation is 1. The van der Waals surface area contributed by atoms with Crippen LogP contribution in [0.4, 0.5) is 5.82 Å². The highest BCUT2D eigenvalue weighted by Crippen LogP contribution is 2.30. The van der Waals surface area contributed by atoms with E-state index in [1.807, 2.05) is 17.9 Å². The van der Waals surface area contributed by atoms with Gasteiger partial charge in [0.15, 0.2) is 0 Å². The Kier molecular flexibility index (Phi) is 4.07. The minimum Gasteiger partial charge on any atom is -0.374 e. The summed E-state index contributed by atoms with van der Waals surface area (Å²) in [5.74, 6) is 6.04. The van der Waals surface area contributed by atoms with Gasteiger partial charge in [-0.25, -0.2) is 10.8 Å². The summed E-state index contributed by atoms with van der Waals surface area (Å²) in [6, 6.07) is 3.81. The first-order valence-corrected chi connectivity index (χ1v) is 7.63. The van der Waals surface area contributed by atoms with Crippen molar-refractivity contribution in [1.82, 2.24) is 9.88 Å². The molecule has 21 heavy (non-hydrogen) atoms.